The zero-order chi connectivity index (χ0) is 19.8. The minimum Gasteiger partial charge on any atom is -0.471 e. The molecular formula is C20H20F2N4O2. The predicted octanol–water partition coefficient (Wildman–Crippen LogP) is 4.71. The van der Waals surface area contributed by atoms with Crippen LogP contribution in [0.2, 0.25) is 0 Å². The Bertz CT molecular complexity index is 978. The highest BCUT2D eigenvalue weighted by Crippen LogP contribution is 2.40. The number of ether oxygens (including phenoxy) is 2. The van der Waals surface area contributed by atoms with Crippen molar-refractivity contribution in [3.63, 3.8) is 0 Å². The van der Waals surface area contributed by atoms with E-state index in [2.05, 4.69) is 15.1 Å². The smallest absolute Gasteiger partial charge is 0.277 e. The zero-order valence-electron chi connectivity index (χ0n) is 15.8. The molecule has 3 aromatic rings. The van der Waals surface area contributed by atoms with E-state index in [0.29, 0.717) is 17.6 Å². The summed E-state index contributed by atoms with van der Waals surface area (Å²) < 4.78 is 40.8. The van der Waals surface area contributed by atoms with Gasteiger partial charge < -0.3 is 9.47 Å². The van der Waals surface area contributed by atoms with Gasteiger partial charge in [-0.25, -0.2) is 18.7 Å². The van der Waals surface area contributed by atoms with Crippen molar-refractivity contribution in [1.82, 2.24) is 19.7 Å². The van der Waals surface area contributed by atoms with Gasteiger partial charge in [0.15, 0.2) is 17.4 Å². The topological polar surface area (TPSA) is 62.1 Å². The molecule has 1 aliphatic carbocycles. The summed E-state index contributed by atoms with van der Waals surface area (Å²) in [7, 11) is 0. The number of halogens is 2. The Balaban J connectivity index is 1.74. The first-order valence-corrected chi connectivity index (χ1v) is 9.14. The Labute approximate surface area is 161 Å². The van der Waals surface area contributed by atoms with Gasteiger partial charge in [-0.3, -0.25) is 0 Å². The fraction of sp³-hybridized carbons (Fsp3) is 0.350. The molecule has 1 saturated carbocycles. The second-order valence-electron chi connectivity index (χ2n) is 7.04. The highest BCUT2D eigenvalue weighted by atomic mass is 19.1. The largest absolute Gasteiger partial charge is 0.471 e. The lowest BCUT2D eigenvalue weighted by molar-refractivity contribution is 0.222. The van der Waals surface area contributed by atoms with Gasteiger partial charge in [-0.05, 0) is 57.2 Å². The van der Waals surface area contributed by atoms with Crippen molar-refractivity contribution < 1.29 is 18.3 Å². The van der Waals surface area contributed by atoms with Gasteiger partial charge in [0, 0.05) is 12.4 Å². The summed E-state index contributed by atoms with van der Waals surface area (Å²) in [4.78, 5) is 8.75. The van der Waals surface area contributed by atoms with Crippen LogP contribution in [0.3, 0.4) is 0 Å². The van der Waals surface area contributed by atoms with Crippen LogP contribution in [-0.4, -0.2) is 25.9 Å². The lowest BCUT2D eigenvalue weighted by atomic mass is 10.2. The summed E-state index contributed by atoms with van der Waals surface area (Å²) in [5.74, 6) is -1.03. The molecule has 0 radical (unpaired) electrons. The molecule has 0 aliphatic heterocycles. The van der Waals surface area contributed by atoms with Crippen LogP contribution in [0.1, 0.15) is 43.9 Å². The number of rotatable bonds is 6. The second kappa shape index (κ2) is 7.18. The lowest BCUT2D eigenvalue weighted by Gasteiger charge is -2.11. The average molecular weight is 386 g/mol. The standard InChI is InChI=1S/C20H20F2N4O2/c1-11(2)27-19-17(28-18-15(21)5-4-6-16(18)22)12(3)26(25-19)20-23-9-14(10-24-20)13-7-8-13/h4-6,9-11,13H,7-8H2,1-3H3. The van der Waals surface area contributed by atoms with Crippen molar-refractivity contribution >= 4 is 0 Å². The number of benzene rings is 1. The molecule has 0 unspecified atom stereocenters. The summed E-state index contributed by atoms with van der Waals surface area (Å²) in [6.45, 7) is 5.35. The number of hydrogen-bond acceptors (Lipinski definition) is 5. The van der Waals surface area contributed by atoms with Crippen molar-refractivity contribution in [1.29, 1.82) is 0 Å². The van der Waals surface area contributed by atoms with Crippen LogP contribution in [0.5, 0.6) is 17.4 Å². The molecule has 6 nitrogen and oxygen atoms in total. The molecule has 0 bridgehead atoms. The van der Waals surface area contributed by atoms with Gasteiger partial charge in [0.2, 0.25) is 5.75 Å². The van der Waals surface area contributed by atoms with Crippen molar-refractivity contribution in [2.75, 3.05) is 0 Å². The minimum absolute atomic E-state index is 0.116. The highest BCUT2D eigenvalue weighted by molar-refractivity contribution is 5.45. The van der Waals surface area contributed by atoms with E-state index in [0.717, 1.165) is 30.5 Å². The molecule has 2 heterocycles. The van der Waals surface area contributed by atoms with E-state index in [1.54, 1.807) is 19.3 Å². The lowest BCUT2D eigenvalue weighted by Crippen LogP contribution is -2.08. The summed E-state index contributed by atoms with van der Waals surface area (Å²) in [6, 6.07) is 3.52. The maximum atomic E-state index is 14.1. The van der Waals surface area contributed by atoms with Gasteiger partial charge in [-0.1, -0.05) is 6.07 Å². The normalized spacial score (nSPS) is 13.8. The minimum atomic E-state index is -0.812. The SMILES string of the molecule is Cc1c(Oc2c(F)cccc2F)c(OC(C)C)nn1-c1ncc(C2CC2)cn1. The van der Waals surface area contributed by atoms with Crippen LogP contribution in [0.25, 0.3) is 5.95 Å². The molecule has 0 saturated heterocycles. The van der Waals surface area contributed by atoms with E-state index in [1.807, 2.05) is 13.8 Å². The van der Waals surface area contributed by atoms with E-state index in [9.17, 15) is 8.78 Å². The van der Waals surface area contributed by atoms with Crippen molar-refractivity contribution in [2.24, 2.45) is 0 Å². The molecule has 1 fully saturated rings. The maximum Gasteiger partial charge on any atom is 0.277 e. The fourth-order valence-corrected chi connectivity index (χ4v) is 2.82. The van der Waals surface area contributed by atoms with Crippen LogP contribution in [0, 0.1) is 18.6 Å². The zero-order valence-corrected chi connectivity index (χ0v) is 15.8. The predicted molar refractivity (Wildman–Crippen MR) is 98.1 cm³/mol. The van der Waals surface area contributed by atoms with E-state index in [1.165, 1.54) is 10.7 Å². The van der Waals surface area contributed by atoms with Gasteiger partial charge in [-0.15, -0.1) is 5.10 Å². The molecular weight excluding hydrogens is 366 g/mol. The van der Waals surface area contributed by atoms with Gasteiger partial charge >= 0.3 is 0 Å². The van der Waals surface area contributed by atoms with Crippen molar-refractivity contribution in [3.05, 3.63) is 53.5 Å². The Hall–Kier alpha value is -3.03. The van der Waals surface area contributed by atoms with E-state index in [-0.39, 0.29) is 17.7 Å². The Morgan fingerprint density at radius 1 is 1.07 bits per heavy atom. The molecule has 2 aromatic heterocycles. The molecule has 1 aromatic carbocycles. The Morgan fingerprint density at radius 2 is 1.71 bits per heavy atom. The maximum absolute atomic E-state index is 14.1. The van der Waals surface area contributed by atoms with Crippen molar-refractivity contribution in [3.8, 4) is 23.3 Å². The number of aromatic nitrogens is 4. The third-order valence-corrected chi connectivity index (χ3v) is 4.40. The van der Waals surface area contributed by atoms with Crippen LogP contribution < -0.4 is 9.47 Å². The third-order valence-electron chi connectivity index (χ3n) is 4.40. The first kappa shape index (κ1) is 18.3. The van der Waals surface area contributed by atoms with Crippen molar-refractivity contribution in [2.45, 2.75) is 45.6 Å². The number of hydrogen-bond donors (Lipinski definition) is 0. The summed E-state index contributed by atoms with van der Waals surface area (Å²) in [5, 5.41) is 4.37. The summed E-state index contributed by atoms with van der Waals surface area (Å²) in [5.41, 5.74) is 1.56. The van der Waals surface area contributed by atoms with E-state index >= 15 is 0 Å². The Kier molecular flexibility index (Phi) is 4.70. The van der Waals surface area contributed by atoms with Crippen LogP contribution in [-0.2, 0) is 0 Å². The molecule has 146 valence electrons. The van der Waals surface area contributed by atoms with E-state index in [4.69, 9.17) is 9.47 Å². The molecule has 4 rings (SSSR count). The molecule has 8 heteroatoms. The highest BCUT2D eigenvalue weighted by Gasteiger charge is 2.26. The molecule has 0 spiro atoms. The van der Waals surface area contributed by atoms with Crippen LogP contribution >= 0.6 is 0 Å². The fourth-order valence-electron chi connectivity index (χ4n) is 2.82. The van der Waals surface area contributed by atoms with Crippen LogP contribution in [0.4, 0.5) is 8.78 Å². The number of para-hydroxylation sites is 1. The van der Waals surface area contributed by atoms with E-state index < -0.39 is 17.4 Å². The summed E-state index contributed by atoms with van der Waals surface area (Å²) in [6.07, 6.45) is 5.65. The monoisotopic (exact) mass is 386 g/mol. The quantitative estimate of drug-likeness (QED) is 0.614. The molecule has 28 heavy (non-hydrogen) atoms. The molecule has 0 atom stereocenters. The molecule has 1 aliphatic rings. The third kappa shape index (κ3) is 3.54. The van der Waals surface area contributed by atoms with Gasteiger partial charge in [0.25, 0.3) is 11.8 Å². The number of nitrogens with zero attached hydrogens (tertiary/aromatic N) is 4. The van der Waals surface area contributed by atoms with Gasteiger partial charge in [0.05, 0.1) is 11.8 Å². The summed E-state index contributed by atoms with van der Waals surface area (Å²) >= 11 is 0. The Morgan fingerprint density at radius 3 is 2.29 bits per heavy atom. The second-order valence-corrected chi connectivity index (χ2v) is 7.04. The molecule has 0 N–H and O–H groups in total. The molecule has 0 amide bonds. The first-order valence-electron chi connectivity index (χ1n) is 9.14. The van der Waals surface area contributed by atoms with Gasteiger partial charge in [0.1, 0.15) is 0 Å². The van der Waals surface area contributed by atoms with Crippen LogP contribution in [0.15, 0.2) is 30.6 Å². The first-order chi connectivity index (χ1) is 13.4. The average Bonchev–Trinajstić information content (AvgIpc) is 3.46. The van der Waals surface area contributed by atoms with Gasteiger partial charge in [-0.2, -0.15) is 4.68 Å².